The Kier molecular flexibility index (Phi) is 5.15. The highest BCUT2D eigenvalue weighted by Crippen LogP contribution is 2.15. The molecule has 0 radical (unpaired) electrons. The number of sulfonamides is 1. The number of hydrogen-bond donors (Lipinski definition) is 1. The highest BCUT2D eigenvalue weighted by Gasteiger charge is 2.26. The molecule has 2 rings (SSSR count). The van der Waals surface area contributed by atoms with Crippen molar-refractivity contribution in [1.82, 2.24) is 9.21 Å². The van der Waals surface area contributed by atoms with E-state index >= 15 is 0 Å². The fourth-order valence-corrected chi connectivity index (χ4v) is 3.48. The molecule has 0 amide bonds. The summed E-state index contributed by atoms with van der Waals surface area (Å²) in [5.74, 6) is 0.152. The Bertz CT molecular complexity index is 510. The van der Waals surface area contributed by atoms with Crippen LogP contribution in [0, 0.1) is 0 Å². The van der Waals surface area contributed by atoms with Gasteiger partial charge in [-0.1, -0.05) is 30.3 Å². The van der Waals surface area contributed by atoms with Gasteiger partial charge in [0.05, 0.1) is 11.9 Å². The van der Waals surface area contributed by atoms with Crippen molar-refractivity contribution >= 4 is 10.0 Å². The second kappa shape index (κ2) is 6.67. The summed E-state index contributed by atoms with van der Waals surface area (Å²) in [5.41, 5.74) is 0.899. The summed E-state index contributed by atoms with van der Waals surface area (Å²) in [6.07, 6.45) is -0.523. The lowest BCUT2D eigenvalue weighted by atomic mass is 10.1. The van der Waals surface area contributed by atoms with E-state index in [0.717, 1.165) is 5.56 Å². The van der Waals surface area contributed by atoms with E-state index in [4.69, 9.17) is 0 Å². The van der Waals surface area contributed by atoms with E-state index in [1.165, 1.54) is 0 Å². The van der Waals surface area contributed by atoms with Crippen LogP contribution in [0.25, 0.3) is 0 Å². The second-order valence-corrected chi connectivity index (χ2v) is 7.28. The van der Waals surface area contributed by atoms with Crippen molar-refractivity contribution in [3.8, 4) is 0 Å². The van der Waals surface area contributed by atoms with Gasteiger partial charge in [0.2, 0.25) is 10.0 Å². The average molecular weight is 298 g/mol. The number of aliphatic hydroxyl groups is 1. The Balaban J connectivity index is 1.86. The first kappa shape index (κ1) is 15.4. The molecule has 1 aliphatic rings. The van der Waals surface area contributed by atoms with Gasteiger partial charge >= 0.3 is 0 Å². The number of β-amino-alcohol motifs (C(OH)–C–C–N with tert-alkyl or cyclic N) is 1. The molecule has 1 atom stereocenters. The predicted molar refractivity (Wildman–Crippen MR) is 78.9 cm³/mol. The van der Waals surface area contributed by atoms with Gasteiger partial charge in [-0.25, -0.2) is 8.42 Å². The fraction of sp³-hybridized carbons (Fsp3) is 0.571. The van der Waals surface area contributed by atoms with Crippen LogP contribution in [0.4, 0.5) is 0 Å². The molecule has 1 unspecified atom stereocenters. The summed E-state index contributed by atoms with van der Waals surface area (Å²) in [6.45, 7) is 4.58. The quantitative estimate of drug-likeness (QED) is 0.869. The first-order valence-electron chi connectivity index (χ1n) is 6.96. The Morgan fingerprint density at radius 1 is 1.15 bits per heavy atom. The van der Waals surface area contributed by atoms with Crippen LogP contribution in [0.3, 0.4) is 0 Å². The van der Waals surface area contributed by atoms with Crippen molar-refractivity contribution in [2.75, 3.05) is 38.5 Å². The van der Waals surface area contributed by atoms with E-state index in [-0.39, 0.29) is 5.75 Å². The fourth-order valence-electron chi connectivity index (χ4n) is 2.40. The van der Waals surface area contributed by atoms with Crippen LogP contribution >= 0.6 is 0 Å². The lowest BCUT2D eigenvalue weighted by Gasteiger charge is -2.34. The van der Waals surface area contributed by atoms with E-state index in [0.29, 0.717) is 32.7 Å². The van der Waals surface area contributed by atoms with E-state index < -0.39 is 16.1 Å². The smallest absolute Gasteiger partial charge is 0.213 e. The summed E-state index contributed by atoms with van der Waals surface area (Å²) < 4.78 is 25.1. The molecule has 1 aromatic carbocycles. The van der Waals surface area contributed by atoms with Gasteiger partial charge in [0.25, 0.3) is 0 Å². The van der Waals surface area contributed by atoms with Crippen LogP contribution in [-0.4, -0.2) is 61.2 Å². The largest absolute Gasteiger partial charge is 0.387 e. The van der Waals surface area contributed by atoms with Crippen LogP contribution in [0.1, 0.15) is 18.6 Å². The zero-order valence-electron chi connectivity index (χ0n) is 11.8. The molecule has 1 aliphatic heterocycles. The number of benzene rings is 1. The third-order valence-electron chi connectivity index (χ3n) is 3.70. The normalized spacial score (nSPS) is 19.9. The SMILES string of the molecule is CCS(=O)(=O)N1CCN(CC(O)c2ccccc2)CC1. The molecule has 0 spiro atoms. The third-order valence-corrected chi connectivity index (χ3v) is 5.59. The van der Waals surface area contributed by atoms with Gasteiger partial charge in [0.15, 0.2) is 0 Å². The first-order chi connectivity index (χ1) is 9.53. The van der Waals surface area contributed by atoms with Crippen LogP contribution in [0.15, 0.2) is 30.3 Å². The maximum absolute atomic E-state index is 11.8. The number of aliphatic hydroxyl groups excluding tert-OH is 1. The average Bonchev–Trinajstić information content (AvgIpc) is 2.48. The Morgan fingerprint density at radius 2 is 1.75 bits per heavy atom. The minimum absolute atomic E-state index is 0.152. The molecule has 0 bridgehead atoms. The zero-order valence-corrected chi connectivity index (χ0v) is 12.6. The van der Waals surface area contributed by atoms with Crippen molar-refractivity contribution < 1.29 is 13.5 Å². The highest BCUT2D eigenvalue weighted by molar-refractivity contribution is 7.89. The van der Waals surface area contributed by atoms with Crippen LogP contribution < -0.4 is 0 Å². The predicted octanol–water partition coefficient (Wildman–Crippen LogP) is 0.687. The molecular weight excluding hydrogens is 276 g/mol. The number of hydrogen-bond acceptors (Lipinski definition) is 4. The number of rotatable bonds is 5. The van der Waals surface area contributed by atoms with Gasteiger partial charge in [-0.15, -0.1) is 0 Å². The third kappa shape index (κ3) is 3.79. The summed E-state index contributed by atoms with van der Waals surface area (Å²) in [4.78, 5) is 2.11. The van der Waals surface area contributed by atoms with E-state index in [2.05, 4.69) is 4.90 Å². The summed E-state index contributed by atoms with van der Waals surface area (Å²) in [5, 5.41) is 10.2. The Labute approximate surface area is 120 Å². The molecule has 1 saturated heterocycles. The van der Waals surface area contributed by atoms with Crippen LogP contribution in [-0.2, 0) is 10.0 Å². The highest BCUT2D eigenvalue weighted by atomic mass is 32.2. The topological polar surface area (TPSA) is 60.9 Å². The molecule has 0 aliphatic carbocycles. The maximum Gasteiger partial charge on any atom is 0.213 e. The van der Waals surface area contributed by atoms with Crippen molar-refractivity contribution in [3.63, 3.8) is 0 Å². The summed E-state index contributed by atoms with van der Waals surface area (Å²) in [7, 11) is -3.08. The molecule has 1 fully saturated rings. The number of nitrogens with zero attached hydrogens (tertiary/aromatic N) is 2. The van der Waals surface area contributed by atoms with Crippen molar-refractivity contribution in [2.45, 2.75) is 13.0 Å². The van der Waals surface area contributed by atoms with Gasteiger partial charge in [0.1, 0.15) is 0 Å². The van der Waals surface area contributed by atoms with Crippen molar-refractivity contribution in [1.29, 1.82) is 0 Å². The Morgan fingerprint density at radius 3 is 2.30 bits per heavy atom. The molecule has 1 N–H and O–H groups in total. The van der Waals surface area contributed by atoms with Gasteiger partial charge in [-0.3, -0.25) is 4.90 Å². The molecule has 20 heavy (non-hydrogen) atoms. The van der Waals surface area contributed by atoms with E-state index in [9.17, 15) is 13.5 Å². The summed E-state index contributed by atoms with van der Waals surface area (Å²) >= 11 is 0. The van der Waals surface area contributed by atoms with Crippen molar-refractivity contribution in [3.05, 3.63) is 35.9 Å². The monoisotopic (exact) mass is 298 g/mol. The van der Waals surface area contributed by atoms with E-state index in [1.54, 1.807) is 11.2 Å². The first-order valence-corrected chi connectivity index (χ1v) is 8.57. The second-order valence-electron chi connectivity index (χ2n) is 5.03. The Hall–Kier alpha value is -0.950. The lowest BCUT2D eigenvalue weighted by molar-refractivity contribution is 0.0921. The minimum Gasteiger partial charge on any atom is -0.387 e. The van der Waals surface area contributed by atoms with Crippen molar-refractivity contribution in [2.24, 2.45) is 0 Å². The number of piperazine rings is 1. The minimum atomic E-state index is -3.08. The molecule has 1 heterocycles. The molecule has 5 nitrogen and oxygen atoms in total. The van der Waals surface area contributed by atoms with Gasteiger partial charge < -0.3 is 5.11 Å². The van der Waals surface area contributed by atoms with Gasteiger partial charge in [-0.2, -0.15) is 4.31 Å². The molecule has 1 aromatic rings. The standard InChI is InChI=1S/C14H22N2O3S/c1-2-20(18,19)16-10-8-15(9-11-16)12-14(17)13-6-4-3-5-7-13/h3-7,14,17H,2,8-12H2,1H3. The summed E-state index contributed by atoms with van der Waals surface area (Å²) in [6, 6.07) is 9.55. The lowest BCUT2D eigenvalue weighted by Crippen LogP contribution is -2.49. The van der Waals surface area contributed by atoms with Gasteiger partial charge in [0, 0.05) is 32.7 Å². The molecule has 0 saturated carbocycles. The molecule has 6 heteroatoms. The van der Waals surface area contributed by atoms with E-state index in [1.807, 2.05) is 30.3 Å². The maximum atomic E-state index is 11.8. The zero-order chi connectivity index (χ0) is 14.6. The molecule has 112 valence electrons. The van der Waals surface area contributed by atoms with Crippen LogP contribution in [0.2, 0.25) is 0 Å². The van der Waals surface area contributed by atoms with Crippen LogP contribution in [0.5, 0.6) is 0 Å². The van der Waals surface area contributed by atoms with Gasteiger partial charge in [-0.05, 0) is 12.5 Å². The molecular formula is C14H22N2O3S. The molecule has 0 aromatic heterocycles.